The van der Waals surface area contributed by atoms with Crippen LogP contribution in [0.25, 0.3) is 0 Å². The van der Waals surface area contributed by atoms with E-state index in [1.807, 2.05) is 5.38 Å². The zero-order valence-electron chi connectivity index (χ0n) is 10.4. The molecular formula is C13H13N3O3S. The van der Waals surface area contributed by atoms with Gasteiger partial charge in [-0.25, -0.2) is 0 Å². The summed E-state index contributed by atoms with van der Waals surface area (Å²) in [5.41, 5.74) is 6.58. The highest BCUT2D eigenvalue weighted by Gasteiger charge is 2.06. The second kappa shape index (κ2) is 6.58. The molecule has 6 nitrogen and oxygen atoms in total. The summed E-state index contributed by atoms with van der Waals surface area (Å²) < 4.78 is 5.26. The molecule has 0 atom stereocenters. The fraction of sp³-hybridized carbons (Fsp3) is 0.0769. The SMILES string of the molecule is N/C(COc1ccc(NC(=O)c2ccsc2)cc1)=N\O. The summed E-state index contributed by atoms with van der Waals surface area (Å²) >= 11 is 1.47. The Kier molecular flexibility index (Phi) is 4.56. The van der Waals surface area contributed by atoms with Crippen LogP contribution in [0.2, 0.25) is 0 Å². The molecule has 1 aromatic heterocycles. The Bertz CT molecular complexity index is 594. The first kappa shape index (κ1) is 13.9. The minimum Gasteiger partial charge on any atom is -0.486 e. The zero-order chi connectivity index (χ0) is 14.4. The van der Waals surface area contributed by atoms with E-state index in [0.29, 0.717) is 17.0 Å². The van der Waals surface area contributed by atoms with Gasteiger partial charge in [0.2, 0.25) is 0 Å². The molecule has 1 heterocycles. The third-order valence-electron chi connectivity index (χ3n) is 2.41. The van der Waals surface area contributed by atoms with Gasteiger partial charge in [-0.1, -0.05) is 5.16 Å². The molecule has 0 spiro atoms. The largest absolute Gasteiger partial charge is 0.486 e. The van der Waals surface area contributed by atoms with E-state index in [1.165, 1.54) is 11.3 Å². The lowest BCUT2D eigenvalue weighted by atomic mass is 10.2. The number of hydrogen-bond donors (Lipinski definition) is 3. The lowest BCUT2D eigenvalue weighted by molar-refractivity contribution is 0.102. The number of nitrogens with one attached hydrogen (secondary N) is 1. The molecule has 7 heteroatoms. The third kappa shape index (κ3) is 3.72. The second-order valence-corrected chi connectivity index (χ2v) is 4.65. The molecule has 0 saturated carbocycles. The fourth-order valence-electron chi connectivity index (χ4n) is 1.42. The Balaban J connectivity index is 1.93. The van der Waals surface area contributed by atoms with E-state index in [1.54, 1.807) is 35.7 Å². The van der Waals surface area contributed by atoms with Crippen LogP contribution in [-0.2, 0) is 0 Å². The molecule has 0 bridgehead atoms. The fourth-order valence-corrected chi connectivity index (χ4v) is 2.05. The number of anilines is 1. The van der Waals surface area contributed by atoms with E-state index < -0.39 is 0 Å². The predicted molar refractivity (Wildman–Crippen MR) is 77.6 cm³/mol. The molecule has 1 amide bonds. The number of ether oxygens (including phenoxy) is 1. The first-order valence-electron chi connectivity index (χ1n) is 5.72. The maximum Gasteiger partial charge on any atom is 0.256 e. The highest BCUT2D eigenvalue weighted by molar-refractivity contribution is 7.08. The smallest absolute Gasteiger partial charge is 0.256 e. The van der Waals surface area contributed by atoms with Gasteiger partial charge in [0, 0.05) is 11.1 Å². The molecule has 2 aromatic rings. The highest BCUT2D eigenvalue weighted by atomic mass is 32.1. The lowest BCUT2D eigenvalue weighted by Crippen LogP contribution is -2.20. The van der Waals surface area contributed by atoms with Crippen LogP contribution in [0.4, 0.5) is 5.69 Å². The number of carbonyl (C=O) groups excluding carboxylic acids is 1. The standard InChI is InChI=1S/C13H13N3O3S/c14-12(16-18)7-19-11-3-1-10(2-4-11)15-13(17)9-5-6-20-8-9/h1-6,8,18H,7H2,(H2,14,16)(H,15,17). The van der Waals surface area contributed by atoms with E-state index >= 15 is 0 Å². The van der Waals surface area contributed by atoms with Gasteiger partial charge in [-0.05, 0) is 35.7 Å². The number of thiophene rings is 1. The van der Waals surface area contributed by atoms with Crippen molar-refractivity contribution in [1.82, 2.24) is 0 Å². The van der Waals surface area contributed by atoms with E-state index in [0.717, 1.165) is 0 Å². The van der Waals surface area contributed by atoms with Crippen LogP contribution in [0.3, 0.4) is 0 Å². The number of benzene rings is 1. The number of amides is 1. The van der Waals surface area contributed by atoms with Crippen LogP contribution in [-0.4, -0.2) is 23.6 Å². The quantitative estimate of drug-likeness (QED) is 0.340. The highest BCUT2D eigenvalue weighted by Crippen LogP contribution is 2.17. The minimum absolute atomic E-state index is 0.00287. The van der Waals surface area contributed by atoms with Crippen molar-refractivity contribution in [3.63, 3.8) is 0 Å². The molecule has 4 N–H and O–H groups in total. The van der Waals surface area contributed by atoms with Gasteiger partial charge in [-0.2, -0.15) is 11.3 Å². The molecule has 0 radical (unpaired) electrons. The van der Waals surface area contributed by atoms with Gasteiger partial charge < -0.3 is 21.0 Å². The van der Waals surface area contributed by atoms with Gasteiger partial charge >= 0.3 is 0 Å². The predicted octanol–water partition coefficient (Wildman–Crippen LogP) is 2.13. The van der Waals surface area contributed by atoms with Gasteiger partial charge in [0.15, 0.2) is 5.84 Å². The van der Waals surface area contributed by atoms with Crippen molar-refractivity contribution < 1.29 is 14.7 Å². The summed E-state index contributed by atoms with van der Waals surface area (Å²) in [6.45, 7) is -0.00287. The van der Waals surface area contributed by atoms with Gasteiger partial charge in [-0.3, -0.25) is 4.79 Å². The van der Waals surface area contributed by atoms with Crippen molar-refractivity contribution in [2.75, 3.05) is 11.9 Å². The van der Waals surface area contributed by atoms with Gasteiger partial charge in [0.25, 0.3) is 5.91 Å². The van der Waals surface area contributed by atoms with Crippen LogP contribution in [0, 0.1) is 0 Å². The van der Waals surface area contributed by atoms with Crippen molar-refractivity contribution in [1.29, 1.82) is 0 Å². The van der Waals surface area contributed by atoms with Crippen molar-refractivity contribution in [3.8, 4) is 5.75 Å². The number of carbonyl (C=O) groups is 1. The molecule has 104 valence electrons. The maximum absolute atomic E-state index is 11.8. The zero-order valence-corrected chi connectivity index (χ0v) is 11.3. The van der Waals surface area contributed by atoms with Crippen LogP contribution >= 0.6 is 11.3 Å². The number of nitrogens with zero attached hydrogens (tertiary/aromatic N) is 1. The van der Waals surface area contributed by atoms with Crippen molar-refractivity contribution in [2.24, 2.45) is 10.9 Å². The van der Waals surface area contributed by atoms with E-state index in [-0.39, 0.29) is 18.3 Å². The summed E-state index contributed by atoms with van der Waals surface area (Å²) in [5, 5.41) is 17.6. The summed E-state index contributed by atoms with van der Waals surface area (Å²) in [5.74, 6) is 0.390. The first-order valence-corrected chi connectivity index (χ1v) is 6.66. The molecule has 1 aromatic carbocycles. The van der Waals surface area contributed by atoms with E-state index in [9.17, 15) is 4.79 Å². The summed E-state index contributed by atoms with van der Waals surface area (Å²) in [6, 6.07) is 8.56. The molecule has 0 saturated heterocycles. The average Bonchev–Trinajstić information content (AvgIpc) is 3.00. The van der Waals surface area contributed by atoms with Crippen LogP contribution in [0.15, 0.2) is 46.2 Å². The number of nitrogens with two attached hydrogens (primary N) is 1. The molecule has 2 rings (SSSR count). The molecule has 0 aliphatic carbocycles. The number of oxime groups is 1. The van der Waals surface area contributed by atoms with Crippen molar-refractivity contribution in [2.45, 2.75) is 0 Å². The Labute approximate surface area is 119 Å². The normalized spacial score (nSPS) is 11.1. The van der Waals surface area contributed by atoms with E-state index in [4.69, 9.17) is 15.7 Å². The molecule has 0 aliphatic rings. The van der Waals surface area contributed by atoms with Gasteiger partial charge in [0.1, 0.15) is 12.4 Å². The Morgan fingerprint density at radius 3 is 2.70 bits per heavy atom. The lowest BCUT2D eigenvalue weighted by Gasteiger charge is -2.07. The Morgan fingerprint density at radius 2 is 2.10 bits per heavy atom. The van der Waals surface area contributed by atoms with Crippen molar-refractivity contribution >= 4 is 28.8 Å². The van der Waals surface area contributed by atoms with Crippen molar-refractivity contribution in [3.05, 3.63) is 46.7 Å². The van der Waals surface area contributed by atoms with Crippen LogP contribution < -0.4 is 15.8 Å². The molecular weight excluding hydrogens is 278 g/mol. The molecule has 20 heavy (non-hydrogen) atoms. The van der Waals surface area contributed by atoms with Gasteiger partial charge in [0.05, 0.1) is 5.56 Å². The minimum atomic E-state index is -0.156. The van der Waals surface area contributed by atoms with Gasteiger partial charge in [-0.15, -0.1) is 0 Å². The maximum atomic E-state index is 11.8. The van der Waals surface area contributed by atoms with Crippen LogP contribution in [0.1, 0.15) is 10.4 Å². The molecule has 0 unspecified atom stereocenters. The Morgan fingerprint density at radius 1 is 1.35 bits per heavy atom. The topological polar surface area (TPSA) is 96.9 Å². The summed E-state index contributed by atoms with van der Waals surface area (Å²) in [7, 11) is 0. The first-order chi connectivity index (χ1) is 9.69. The molecule has 0 fully saturated rings. The van der Waals surface area contributed by atoms with Crippen LogP contribution in [0.5, 0.6) is 5.75 Å². The summed E-state index contributed by atoms with van der Waals surface area (Å²) in [4.78, 5) is 11.8. The third-order valence-corrected chi connectivity index (χ3v) is 3.09. The number of hydrogen-bond acceptors (Lipinski definition) is 5. The molecule has 0 aliphatic heterocycles. The monoisotopic (exact) mass is 291 g/mol. The Hall–Kier alpha value is -2.54. The summed E-state index contributed by atoms with van der Waals surface area (Å²) in [6.07, 6.45) is 0. The van der Waals surface area contributed by atoms with E-state index in [2.05, 4.69) is 10.5 Å². The number of rotatable bonds is 5. The number of amidine groups is 1. The second-order valence-electron chi connectivity index (χ2n) is 3.87. The average molecular weight is 291 g/mol.